The molecule has 5 nitrogen and oxygen atoms in total. The number of methoxy groups -OCH3 is 1. The van der Waals surface area contributed by atoms with E-state index >= 15 is 4.39 Å². The quantitative estimate of drug-likeness (QED) is 0.741. The third-order valence-electron chi connectivity index (χ3n) is 5.57. The van der Waals surface area contributed by atoms with Crippen LogP contribution in [0.25, 0.3) is 0 Å². The number of benzene rings is 1. The van der Waals surface area contributed by atoms with Crippen molar-refractivity contribution in [1.29, 1.82) is 0 Å². The van der Waals surface area contributed by atoms with Crippen molar-refractivity contribution in [3.63, 3.8) is 0 Å². The van der Waals surface area contributed by atoms with Crippen molar-refractivity contribution >= 4 is 12.0 Å². The molecule has 1 aromatic rings. The first-order chi connectivity index (χ1) is 12.7. The molecule has 3 unspecified atom stereocenters. The Balaban J connectivity index is 1.91. The number of alkyl halides is 1. The van der Waals surface area contributed by atoms with Gasteiger partial charge >= 0.3 is 6.09 Å². The SMILES string of the molecule is COc1cccc(C(C2CC2)C(F)C(=O)N2C(=O)OC(C)(C)C2C(C)C)c1. The van der Waals surface area contributed by atoms with E-state index in [-0.39, 0.29) is 11.8 Å². The van der Waals surface area contributed by atoms with Gasteiger partial charge in [-0.25, -0.2) is 14.1 Å². The van der Waals surface area contributed by atoms with Crippen LogP contribution in [0.2, 0.25) is 0 Å². The van der Waals surface area contributed by atoms with Crippen LogP contribution in [0, 0.1) is 11.8 Å². The number of hydrogen-bond acceptors (Lipinski definition) is 4. The molecular formula is C21H28FNO4. The van der Waals surface area contributed by atoms with E-state index in [9.17, 15) is 9.59 Å². The number of nitrogens with zero attached hydrogens (tertiary/aromatic N) is 1. The van der Waals surface area contributed by atoms with Crippen molar-refractivity contribution in [1.82, 2.24) is 4.90 Å². The molecule has 0 bridgehead atoms. The Morgan fingerprint density at radius 1 is 1.33 bits per heavy atom. The first-order valence-electron chi connectivity index (χ1n) is 9.51. The summed E-state index contributed by atoms with van der Waals surface area (Å²) >= 11 is 0. The lowest BCUT2D eigenvalue weighted by molar-refractivity contribution is -0.136. The first-order valence-corrected chi connectivity index (χ1v) is 9.51. The van der Waals surface area contributed by atoms with Crippen molar-refractivity contribution in [2.45, 2.75) is 64.3 Å². The summed E-state index contributed by atoms with van der Waals surface area (Å²) in [6.45, 7) is 7.33. The molecule has 1 saturated carbocycles. The van der Waals surface area contributed by atoms with Gasteiger partial charge in [-0.05, 0) is 56.2 Å². The van der Waals surface area contributed by atoms with Gasteiger partial charge in [0.2, 0.25) is 0 Å². The van der Waals surface area contributed by atoms with Crippen molar-refractivity contribution in [3.8, 4) is 5.75 Å². The highest BCUT2D eigenvalue weighted by molar-refractivity contribution is 5.97. The fraction of sp³-hybridized carbons (Fsp3) is 0.619. The predicted molar refractivity (Wildman–Crippen MR) is 99.4 cm³/mol. The molecule has 3 rings (SSSR count). The van der Waals surface area contributed by atoms with Crippen LogP contribution in [0.4, 0.5) is 9.18 Å². The lowest BCUT2D eigenvalue weighted by Gasteiger charge is -2.32. The lowest BCUT2D eigenvalue weighted by atomic mass is 9.86. The van der Waals surface area contributed by atoms with Gasteiger partial charge in [-0.3, -0.25) is 4.79 Å². The Bertz CT molecular complexity index is 729. The van der Waals surface area contributed by atoms with E-state index in [1.807, 2.05) is 19.9 Å². The van der Waals surface area contributed by atoms with Gasteiger partial charge in [0.25, 0.3) is 5.91 Å². The van der Waals surface area contributed by atoms with Gasteiger partial charge < -0.3 is 9.47 Å². The van der Waals surface area contributed by atoms with E-state index in [1.54, 1.807) is 39.2 Å². The summed E-state index contributed by atoms with van der Waals surface area (Å²) in [4.78, 5) is 26.5. The number of carbonyl (C=O) groups excluding carboxylic acids is 2. The summed E-state index contributed by atoms with van der Waals surface area (Å²) in [5, 5.41) is 0. The minimum absolute atomic E-state index is 0.0428. The van der Waals surface area contributed by atoms with E-state index < -0.39 is 35.7 Å². The van der Waals surface area contributed by atoms with Crippen molar-refractivity contribution in [2.24, 2.45) is 11.8 Å². The maximum Gasteiger partial charge on any atom is 0.417 e. The molecule has 2 aliphatic rings. The molecule has 6 heteroatoms. The summed E-state index contributed by atoms with van der Waals surface area (Å²) in [7, 11) is 1.55. The zero-order valence-corrected chi connectivity index (χ0v) is 16.6. The number of amides is 2. The molecule has 0 N–H and O–H groups in total. The minimum atomic E-state index is -1.80. The first kappa shape index (κ1) is 19.6. The lowest BCUT2D eigenvalue weighted by Crippen LogP contribution is -2.51. The monoisotopic (exact) mass is 377 g/mol. The Morgan fingerprint density at radius 2 is 2.00 bits per heavy atom. The van der Waals surface area contributed by atoms with Gasteiger partial charge in [0.05, 0.1) is 13.2 Å². The Hall–Kier alpha value is -2.11. The van der Waals surface area contributed by atoms with Crippen molar-refractivity contribution < 1.29 is 23.5 Å². The standard InChI is InChI=1S/C21H28FNO4/c1-12(2)18-21(3,4)27-20(25)23(18)19(24)17(22)16(13-9-10-13)14-7-6-8-15(11-14)26-5/h6-8,11-13,16-18H,9-10H2,1-5H3. The average Bonchev–Trinajstić information content (AvgIpc) is 3.39. The van der Waals surface area contributed by atoms with Crippen LogP contribution in [-0.4, -0.2) is 41.8 Å². The van der Waals surface area contributed by atoms with Crippen LogP contribution in [0.3, 0.4) is 0 Å². The van der Waals surface area contributed by atoms with Gasteiger partial charge in [0.15, 0.2) is 6.17 Å². The number of halogens is 1. The molecule has 0 aromatic heterocycles. The largest absolute Gasteiger partial charge is 0.497 e. The predicted octanol–water partition coefficient (Wildman–Crippen LogP) is 4.31. The maximum absolute atomic E-state index is 15.5. The minimum Gasteiger partial charge on any atom is -0.497 e. The topological polar surface area (TPSA) is 55.8 Å². The molecule has 2 amide bonds. The normalized spacial score (nSPS) is 23.9. The van der Waals surface area contributed by atoms with Crippen LogP contribution in [0.5, 0.6) is 5.75 Å². The third kappa shape index (κ3) is 3.66. The summed E-state index contributed by atoms with van der Waals surface area (Å²) in [6, 6.07) is 6.68. The Morgan fingerprint density at radius 3 is 2.56 bits per heavy atom. The summed E-state index contributed by atoms with van der Waals surface area (Å²) < 4.78 is 26.2. The second kappa shape index (κ2) is 7.13. The van der Waals surface area contributed by atoms with Crippen LogP contribution >= 0.6 is 0 Å². The molecule has 2 fully saturated rings. The van der Waals surface area contributed by atoms with Gasteiger partial charge in [-0.15, -0.1) is 0 Å². The highest BCUT2D eigenvalue weighted by atomic mass is 19.1. The molecule has 1 saturated heterocycles. The third-order valence-corrected chi connectivity index (χ3v) is 5.57. The number of imide groups is 1. The number of cyclic esters (lactones) is 1. The molecule has 148 valence electrons. The van der Waals surface area contributed by atoms with Crippen LogP contribution in [0.15, 0.2) is 24.3 Å². The smallest absolute Gasteiger partial charge is 0.417 e. The average molecular weight is 377 g/mol. The number of hydrogen-bond donors (Lipinski definition) is 0. The summed E-state index contributed by atoms with van der Waals surface area (Å²) in [5.74, 6) is -0.709. The molecule has 0 radical (unpaired) electrons. The maximum atomic E-state index is 15.5. The number of ether oxygens (including phenoxy) is 2. The number of carbonyl (C=O) groups is 2. The van der Waals surface area contributed by atoms with Crippen LogP contribution in [-0.2, 0) is 9.53 Å². The second-order valence-electron chi connectivity index (χ2n) is 8.41. The number of rotatable bonds is 6. The molecule has 27 heavy (non-hydrogen) atoms. The molecule has 1 aliphatic carbocycles. The fourth-order valence-electron chi connectivity index (χ4n) is 4.36. The Labute approximate surface area is 159 Å². The van der Waals surface area contributed by atoms with E-state index in [2.05, 4.69) is 0 Å². The van der Waals surface area contributed by atoms with E-state index in [0.717, 1.165) is 23.3 Å². The summed E-state index contributed by atoms with van der Waals surface area (Å²) in [5.41, 5.74) is -0.114. The zero-order valence-electron chi connectivity index (χ0n) is 16.6. The molecule has 0 spiro atoms. The highest BCUT2D eigenvalue weighted by Crippen LogP contribution is 2.47. The van der Waals surface area contributed by atoms with E-state index in [0.29, 0.717) is 5.75 Å². The Kier molecular flexibility index (Phi) is 5.19. The molecule has 1 aliphatic heterocycles. The molecule has 1 aromatic carbocycles. The molecule has 1 heterocycles. The van der Waals surface area contributed by atoms with Gasteiger partial charge in [0, 0.05) is 5.92 Å². The van der Waals surface area contributed by atoms with Crippen LogP contribution < -0.4 is 4.74 Å². The van der Waals surface area contributed by atoms with Crippen molar-refractivity contribution in [2.75, 3.05) is 7.11 Å². The van der Waals surface area contributed by atoms with Gasteiger partial charge in [-0.1, -0.05) is 26.0 Å². The van der Waals surface area contributed by atoms with Crippen LogP contribution in [0.1, 0.15) is 52.0 Å². The molecule has 3 atom stereocenters. The summed E-state index contributed by atoms with van der Waals surface area (Å²) in [6.07, 6.45) is -0.808. The van der Waals surface area contributed by atoms with E-state index in [1.165, 1.54) is 0 Å². The second-order valence-corrected chi connectivity index (χ2v) is 8.41. The van der Waals surface area contributed by atoms with Crippen molar-refractivity contribution in [3.05, 3.63) is 29.8 Å². The van der Waals surface area contributed by atoms with Gasteiger partial charge in [0.1, 0.15) is 11.4 Å². The zero-order chi connectivity index (χ0) is 19.9. The fourth-order valence-corrected chi connectivity index (χ4v) is 4.36. The van der Waals surface area contributed by atoms with E-state index in [4.69, 9.17) is 9.47 Å². The highest BCUT2D eigenvalue weighted by Gasteiger charge is 2.55. The molecular weight excluding hydrogens is 349 g/mol. The van der Waals surface area contributed by atoms with Gasteiger partial charge in [-0.2, -0.15) is 0 Å².